The van der Waals surface area contributed by atoms with Crippen LogP contribution in [0.25, 0.3) is 0 Å². The summed E-state index contributed by atoms with van der Waals surface area (Å²) in [6.07, 6.45) is -8.31. The van der Waals surface area contributed by atoms with Crippen molar-refractivity contribution < 1.29 is 115 Å². The van der Waals surface area contributed by atoms with E-state index in [1.807, 2.05) is 45.2 Å². The van der Waals surface area contributed by atoms with Crippen LogP contribution in [0.5, 0.6) is 0 Å². The van der Waals surface area contributed by atoms with Crippen LogP contribution in [-0.2, 0) is 14.4 Å². The molecule has 0 saturated heterocycles. The summed E-state index contributed by atoms with van der Waals surface area (Å²) in [4.78, 5) is 122. The van der Waals surface area contributed by atoms with Gasteiger partial charge in [0, 0.05) is 50.7 Å². The molecule has 32 nitrogen and oxygen atoms in total. The van der Waals surface area contributed by atoms with Crippen molar-refractivity contribution in [1.82, 2.24) is 31.9 Å². The molecule has 0 fully saturated rings. The number of aliphatic hydroxyl groups is 14. The minimum absolute atomic E-state index is 0.00380. The zero-order valence-electron chi connectivity index (χ0n) is 48.7. The Balaban J connectivity index is 0.000000793. The quantitative estimate of drug-likeness (QED) is 0.0285. The van der Waals surface area contributed by atoms with Crippen LogP contribution in [0.3, 0.4) is 0 Å². The molecule has 9 amide bonds. The van der Waals surface area contributed by atoms with Gasteiger partial charge in [0.05, 0.1) is 180 Å². The van der Waals surface area contributed by atoms with E-state index in [4.69, 9.17) is 0 Å². The molecule has 0 aromatic heterocycles. The van der Waals surface area contributed by atoms with Gasteiger partial charge in [0.2, 0.25) is 11.8 Å². The highest BCUT2D eigenvalue weighted by Gasteiger charge is 2.37. The Morgan fingerprint density at radius 3 is 0.796 bits per heavy atom. The second-order valence-electron chi connectivity index (χ2n) is 19.5. The molecule has 3 aromatic carbocycles. The number of carbonyl (C=O) groups is 9. The molecule has 0 radical (unpaired) electrons. The van der Waals surface area contributed by atoms with E-state index in [-0.39, 0.29) is 109 Å². The van der Waals surface area contributed by atoms with Gasteiger partial charge >= 0.3 is 0 Å². The molecular formula is C52H66I9N9O23. The van der Waals surface area contributed by atoms with Crippen LogP contribution in [0.15, 0.2) is 0 Å². The lowest BCUT2D eigenvalue weighted by molar-refractivity contribution is -0.123. The molecule has 3 aromatic rings. The van der Waals surface area contributed by atoms with Crippen molar-refractivity contribution in [3.8, 4) is 0 Å². The fourth-order valence-electron chi connectivity index (χ4n) is 7.47. The minimum Gasteiger partial charge on any atom is -0.394 e. The van der Waals surface area contributed by atoms with Gasteiger partial charge in [-0.05, 0) is 210 Å². The summed E-state index contributed by atoms with van der Waals surface area (Å²) < 4.78 is 1.42. The predicted molar refractivity (Wildman–Crippen MR) is 409 cm³/mol. The van der Waals surface area contributed by atoms with Crippen molar-refractivity contribution >= 4 is 274 Å². The summed E-state index contributed by atoms with van der Waals surface area (Å²) in [6, 6.07) is -1.89. The van der Waals surface area contributed by atoms with Crippen LogP contribution in [-0.4, -0.2) is 265 Å². The van der Waals surface area contributed by atoms with E-state index in [2.05, 4.69) is 37.2 Å². The number of amides is 9. The number of carbonyl (C=O) groups excluding carboxylic acids is 9. The maximum atomic E-state index is 13.6. The molecule has 3 rings (SSSR count). The number of aliphatic hydroxyl groups excluding tert-OH is 14. The molecule has 0 aliphatic carbocycles. The predicted octanol–water partition coefficient (Wildman–Crippen LogP) is -2.60. The second-order valence-corrected chi connectivity index (χ2v) is 29.2. The Morgan fingerprint density at radius 1 is 0.355 bits per heavy atom. The molecule has 41 heteroatoms. The van der Waals surface area contributed by atoms with Gasteiger partial charge in [-0.25, -0.2) is 0 Å². The van der Waals surface area contributed by atoms with Crippen molar-refractivity contribution in [3.05, 3.63) is 65.5 Å². The first-order valence-corrected chi connectivity index (χ1v) is 36.4. The molecule has 0 saturated carbocycles. The van der Waals surface area contributed by atoms with Crippen molar-refractivity contribution in [2.24, 2.45) is 0 Å². The summed E-state index contributed by atoms with van der Waals surface area (Å²) in [5.41, 5.74) is -0.400. The molecule has 0 aliphatic heterocycles. The van der Waals surface area contributed by atoms with Gasteiger partial charge in [-0.1, -0.05) is 0 Å². The Hall–Kier alpha value is -1.10. The molecule has 93 heavy (non-hydrogen) atoms. The molecule has 4 unspecified atom stereocenters. The van der Waals surface area contributed by atoms with Gasteiger partial charge in [0.25, 0.3) is 41.4 Å². The first-order valence-electron chi connectivity index (χ1n) is 26.7. The second kappa shape index (κ2) is 42.9. The standard InChI is InChI=1S/C35H44I6N6O15.C17H22I3N3O8/c1-13(52)46(30-26(38)20(32(59)42-3-15(54)9-48)24(36)21(27(30)39)33(60)43-4-16(55)10-49)7-19(58)8-47(14(2)53)31-28(40)22(34(61)44-5-17(56)11-50)25(37)23(29(31)41)35(62)45-6-18(57)12-51;1-6(28)15(29)23-14-12(19)9(16(30)21-7(2-24)3-25)11(18)10(13(14)20)17(31)22-8(4-26)5-27/h15-19,48-51,54-58H,3-12H2,1-2H3,(H,42,59)(H,43,60)(H,44,61)(H,45,62);6-8,24-28H,2-5H2,1H3,(H,21,30)(H,22,31)(H,23,29)/t;6-/m.0/s1. The number of anilines is 3. The van der Waals surface area contributed by atoms with Crippen LogP contribution in [0.1, 0.15) is 82.9 Å². The van der Waals surface area contributed by atoms with Crippen molar-refractivity contribution in [2.45, 2.75) is 69.5 Å². The number of halogens is 9. The zero-order valence-corrected chi connectivity index (χ0v) is 68.2. The monoisotopic (exact) mass is 2330 g/mol. The Labute approximate surface area is 653 Å². The van der Waals surface area contributed by atoms with E-state index in [0.717, 1.165) is 23.6 Å². The first kappa shape index (κ1) is 88.0. The maximum absolute atomic E-state index is 13.6. The van der Waals surface area contributed by atoms with Crippen molar-refractivity contribution in [1.29, 1.82) is 0 Å². The number of hydrogen-bond acceptors (Lipinski definition) is 23. The molecule has 21 N–H and O–H groups in total. The average Bonchev–Trinajstić information content (AvgIpc) is 0.777. The van der Waals surface area contributed by atoms with Gasteiger partial charge in [0.1, 0.15) is 6.10 Å². The van der Waals surface area contributed by atoms with Crippen LogP contribution in [0.4, 0.5) is 17.1 Å². The van der Waals surface area contributed by atoms with E-state index in [1.165, 1.54) is 6.92 Å². The normalized spacial score (nSPS) is 13.1. The van der Waals surface area contributed by atoms with Gasteiger partial charge in [-0.3, -0.25) is 43.2 Å². The number of rotatable bonds is 32. The molecule has 5 atom stereocenters. The van der Waals surface area contributed by atoms with Crippen molar-refractivity contribution in [3.63, 3.8) is 0 Å². The molecule has 0 spiro atoms. The van der Waals surface area contributed by atoms with Crippen LogP contribution in [0.2, 0.25) is 0 Å². The van der Waals surface area contributed by atoms with E-state index < -0.39 is 168 Å². The summed E-state index contributed by atoms with van der Waals surface area (Å²) in [6.45, 7) is -3.92. The van der Waals surface area contributed by atoms with Crippen molar-refractivity contribution in [2.75, 3.05) is 107 Å². The highest BCUT2D eigenvalue weighted by Crippen LogP contribution is 2.41. The molecule has 520 valence electrons. The Kier molecular flexibility index (Phi) is 40.6. The van der Waals surface area contributed by atoms with Gasteiger partial charge in [0.15, 0.2) is 0 Å². The highest BCUT2D eigenvalue weighted by atomic mass is 127. The van der Waals surface area contributed by atoms with E-state index in [9.17, 15) is 115 Å². The molecular weight excluding hydrogens is 2260 g/mol. The molecule has 0 bridgehead atoms. The molecule has 0 aliphatic rings. The zero-order chi connectivity index (χ0) is 71.2. The summed E-state index contributed by atoms with van der Waals surface area (Å²) in [7, 11) is 0. The lowest BCUT2D eigenvalue weighted by Crippen LogP contribution is -2.45. The topological polar surface area (TPSA) is 528 Å². The van der Waals surface area contributed by atoms with Gasteiger partial charge < -0.3 is 119 Å². The Bertz CT molecular complexity index is 2910. The third-order valence-corrected chi connectivity index (χ3v) is 22.0. The summed E-state index contributed by atoms with van der Waals surface area (Å²) >= 11 is 16.1. The highest BCUT2D eigenvalue weighted by molar-refractivity contribution is 14.1. The number of hydrogen-bond donors (Lipinski definition) is 21. The van der Waals surface area contributed by atoms with E-state index in [0.29, 0.717) is 0 Å². The largest absolute Gasteiger partial charge is 0.394 e. The number of nitrogens with one attached hydrogen (secondary N) is 7. The number of nitrogens with zero attached hydrogens (tertiary/aromatic N) is 2. The SMILES string of the molecule is CC(=O)N(CC(O)CN(C(C)=O)c1c(I)c(C(=O)NCC(O)CO)c(I)c(C(=O)NCC(O)CO)c1I)c1c(I)c(C(=O)NCC(O)CO)c(I)c(C(=O)NCC(O)CO)c1I.C[C@H](O)C(=O)Nc1c(I)c(C(=O)NC(CO)CO)c(I)c(C(=O)NC(CO)CO)c1I. The third kappa shape index (κ3) is 24.6. The lowest BCUT2D eigenvalue weighted by atomic mass is 10.1. The first-order chi connectivity index (χ1) is 43.5. The summed E-state index contributed by atoms with van der Waals surface area (Å²) in [5, 5.41) is 152. The van der Waals surface area contributed by atoms with Crippen LogP contribution < -0.4 is 47.0 Å². The van der Waals surface area contributed by atoms with Crippen LogP contribution >= 0.6 is 203 Å². The summed E-state index contributed by atoms with van der Waals surface area (Å²) in [5.74, 6) is -6.78. The minimum atomic E-state index is -1.62. The lowest BCUT2D eigenvalue weighted by Gasteiger charge is -2.32. The Morgan fingerprint density at radius 2 is 0.591 bits per heavy atom. The van der Waals surface area contributed by atoms with E-state index in [1.54, 1.807) is 158 Å². The smallest absolute Gasteiger partial charge is 0.253 e. The maximum Gasteiger partial charge on any atom is 0.253 e. The van der Waals surface area contributed by atoms with Gasteiger partial charge in [-0.2, -0.15) is 0 Å². The average molecular weight is 2330 g/mol. The van der Waals surface area contributed by atoms with E-state index >= 15 is 0 Å². The molecule has 0 heterocycles. The van der Waals surface area contributed by atoms with Crippen LogP contribution in [0, 0.1) is 32.1 Å². The fourth-order valence-corrected chi connectivity index (χ4v) is 21.3. The fraction of sp³-hybridized carbons (Fsp3) is 0.481. The van der Waals surface area contributed by atoms with Gasteiger partial charge in [-0.15, -0.1) is 0 Å². The third-order valence-electron chi connectivity index (χ3n) is 12.4. The number of benzene rings is 3.